The molecular formula is C20H17ClN2O. The van der Waals surface area contributed by atoms with E-state index in [-0.39, 0.29) is 11.7 Å². The molecule has 0 saturated heterocycles. The average Bonchev–Trinajstić information content (AvgIpc) is 2.71. The number of ketones is 1. The van der Waals surface area contributed by atoms with E-state index in [1.807, 2.05) is 55.5 Å². The van der Waals surface area contributed by atoms with E-state index in [9.17, 15) is 4.79 Å². The predicted octanol–water partition coefficient (Wildman–Crippen LogP) is 5.26. The van der Waals surface area contributed by atoms with Gasteiger partial charge in [-0.05, 0) is 49.1 Å². The molecule has 1 aliphatic heterocycles. The molecule has 2 aliphatic rings. The lowest BCUT2D eigenvalue weighted by molar-refractivity contribution is -0.115. The van der Waals surface area contributed by atoms with Crippen LogP contribution in [-0.4, -0.2) is 11.5 Å². The van der Waals surface area contributed by atoms with Crippen LogP contribution in [0.3, 0.4) is 0 Å². The smallest absolute Gasteiger partial charge is 0.167 e. The van der Waals surface area contributed by atoms with E-state index in [4.69, 9.17) is 16.6 Å². The van der Waals surface area contributed by atoms with Crippen molar-refractivity contribution < 1.29 is 4.79 Å². The van der Waals surface area contributed by atoms with Crippen molar-refractivity contribution in [2.24, 2.45) is 4.99 Å². The number of carbonyl (C=O) groups is 1. The van der Waals surface area contributed by atoms with Crippen molar-refractivity contribution in [3.63, 3.8) is 0 Å². The molecule has 0 amide bonds. The number of aliphatic imine (C=N–C) groups is 1. The molecule has 120 valence electrons. The van der Waals surface area contributed by atoms with E-state index >= 15 is 0 Å². The number of hydrogen-bond donors (Lipinski definition) is 1. The van der Waals surface area contributed by atoms with Crippen molar-refractivity contribution in [3.05, 3.63) is 70.4 Å². The first-order chi connectivity index (χ1) is 11.6. The van der Waals surface area contributed by atoms with Gasteiger partial charge in [0.05, 0.1) is 22.7 Å². The molecule has 0 radical (unpaired) electrons. The Bertz CT molecular complexity index is 881. The van der Waals surface area contributed by atoms with Crippen molar-refractivity contribution in [3.8, 4) is 0 Å². The first-order valence-corrected chi connectivity index (χ1v) is 8.43. The highest BCUT2D eigenvalue weighted by atomic mass is 35.5. The molecule has 0 spiro atoms. The van der Waals surface area contributed by atoms with Gasteiger partial charge in [0.15, 0.2) is 5.78 Å². The van der Waals surface area contributed by atoms with Crippen LogP contribution in [0, 0.1) is 0 Å². The van der Waals surface area contributed by atoms with Crippen LogP contribution in [0.1, 0.15) is 31.2 Å². The molecule has 0 aromatic heterocycles. The Morgan fingerprint density at radius 3 is 2.62 bits per heavy atom. The van der Waals surface area contributed by atoms with Gasteiger partial charge in [0.2, 0.25) is 0 Å². The van der Waals surface area contributed by atoms with Gasteiger partial charge in [0, 0.05) is 17.1 Å². The zero-order valence-corrected chi connectivity index (χ0v) is 14.1. The third-order valence-corrected chi connectivity index (χ3v) is 4.89. The Morgan fingerprint density at radius 1 is 1.08 bits per heavy atom. The quantitative estimate of drug-likeness (QED) is 0.771. The number of Topliss-reactive ketones (excluding diaryl/α,β-unsaturated/α-hetero) is 1. The Kier molecular flexibility index (Phi) is 3.73. The Balaban J connectivity index is 1.77. The Morgan fingerprint density at radius 2 is 1.83 bits per heavy atom. The van der Waals surface area contributed by atoms with E-state index < -0.39 is 0 Å². The number of carbonyl (C=O) groups excluding carboxylic acids is 1. The number of para-hydroxylation sites is 2. The third-order valence-electron chi connectivity index (χ3n) is 4.64. The zero-order valence-electron chi connectivity index (χ0n) is 13.3. The van der Waals surface area contributed by atoms with Gasteiger partial charge in [-0.2, -0.15) is 0 Å². The monoisotopic (exact) mass is 336 g/mol. The van der Waals surface area contributed by atoms with Crippen LogP contribution < -0.4 is 5.32 Å². The maximum Gasteiger partial charge on any atom is 0.167 e. The predicted molar refractivity (Wildman–Crippen MR) is 98.3 cm³/mol. The minimum absolute atomic E-state index is 0.148. The summed E-state index contributed by atoms with van der Waals surface area (Å²) in [6.07, 6.45) is 1.27. The third kappa shape index (κ3) is 2.65. The van der Waals surface area contributed by atoms with Crippen LogP contribution in [0.2, 0.25) is 5.02 Å². The molecule has 1 aliphatic carbocycles. The number of halogens is 1. The van der Waals surface area contributed by atoms with E-state index in [1.54, 1.807) is 0 Å². The summed E-state index contributed by atoms with van der Waals surface area (Å²) in [7, 11) is 0. The topological polar surface area (TPSA) is 41.5 Å². The molecule has 1 heterocycles. The second-order valence-electron chi connectivity index (χ2n) is 6.28. The fourth-order valence-electron chi connectivity index (χ4n) is 3.48. The summed E-state index contributed by atoms with van der Waals surface area (Å²) < 4.78 is 0. The number of hydrogen-bond acceptors (Lipinski definition) is 3. The lowest BCUT2D eigenvalue weighted by atomic mass is 9.79. The lowest BCUT2D eigenvalue weighted by Gasteiger charge is -2.25. The highest BCUT2D eigenvalue weighted by Crippen LogP contribution is 2.38. The summed E-state index contributed by atoms with van der Waals surface area (Å²) in [6.45, 7) is 1.95. The van der Waals surface area contributed by atoms with Gasteiger partial charge in [0.25, 0.3) is 0 Å². The second kappa shape index (κ2) is 5.91. The van der Waals surface area contributed by atoms with E-state index in [2.05, 4.69) is 5.32 Å². The molecule has 1 atom stereocenters. The number of anilines is 1. The molecule has 3 nitrogen and oxygen atoms in total. The molecule has 2 aromatic rings. The maximum atomic E-state index is 12.8. The molecule has 2 aromatic carbocycles. The summed E-state index contributed by atoms with van der Waals surface area (Å²) in [5, 5.41) is 4.05. The first-order valence-electron chi connectivity index (χ1n) is 8.05. The SMILES string of the molecule is CC1=C2C(=O)C[C@@H](c3ccc(Cl)cc3)CC2=Nc2ccccc2N1. The van der Waals surface area contributed by atoms with Crippen LogP contribution in [0.15, 0.2) is 64.8 Å². The van der Waals surface area contributed by atoms with Gasteiger partial charge in [0.1, 0.15) is 0 Å². The minimum Gasteiger partial charge on any atom is -0.357 e. The van der Waals surface area contributed by atoms with Crippen molar-refractivity contribution in [2.45, 2.75) is 25.7 Å². The minimum atomic E-state index is 0.148. The van der Waals surface area contributed by atoms with Gasteiger partial charge in [-0.25, -0.2) is 0 Å². The van der Waals surface area contributed by atoms with Crippen LogP contribution in [0.5, 0.6) is 0 Å². The lowest BCUT2D eigenvalue weighted by Crippen LogP contribution is -2.26. The normalized spacial score (nSPS) is 19.8. The van der Waals surface area contributed by atoms with Crippen LogP contribution in [0.25, 0.3) is 0 Å². The number of allylic oxidation sites excluding steroid dienone is 2. The maximum absolute atomic E-state index is 12.8. The fourth-order valence-corrected chi connectivity index (χ4v) is 3.60. The molecule has 4 rings (SSSR count). The van der Waals surface area contributed by atoms with E-state index in [0.29, 0.717) is 11.4 Å². The molecule has 1 saturated carbocycles. The second-order valence-corrected chi connectivity index (χ2v) is 6.72. The standard InChI is InChI=1S/C20H17ClN2O/c1-12-20-18(23-17-5-3-2-4-16(17)22-12)10-14(11-19(20)24)13-6-8-15(21)9-7-13/h2-9,14,22H,10-11H2,1H3/t14-/m0/s1. The first kappa shape index (κ1) is 15.2. The summed E-state index contributed by atoms with van der Waals surface area (Å²) in [6, 6.07) is 15.7. The number of fused-ring (bicyclic) bond motifs is 2. The van der Waals surface area contributed by atoms with Gasteiger partial charge in [-0.15, -0.1) is 0 Å². The number of rotatable bonds is 1. The highest BCUT2D eigenvalue weighted by Gasteiger charge is 2.32. The van der Waals surface area contributed by atoms with Crippen molar-refractivity contribution in [1.82, 2.24) is 0 Å². The van der Waals surface area contributed by atoms with Crippen molar-refractivity contribution in [2.75, 3.05) is 5.32 Å². The average molecular weight is 337 g/mol. The Hall–Kier alpha value is -2.39. The largest absolute Gasteiger partial charge is 0.357 e. The molecule has 0 bridgehead atoms. The van der Waals surface area contributed by atoms with Crippen LogP contribution in [-0.2, 0) is 4.79 Å². The van der Waals surface area contributed by atoms with Crippen molar-refractivity contribution in [1.29, 1.82) is 0 Å². The van der Waals surface area contributed by atoms with Crippen LogP contribution >= 0.6 is 11.6 Å². The zero-order chi connectivity index (χ0) is 16.7. The number of nitrogens with zero attached hydrogens (tertiary/aromatic N) is 1. The van der Waals surface area contributed by atoms with Gasteiger partial charge < -0.3 is 5.32 Å². The summed E-state index contributed by atoms with van der Waals surface area (Å²) in [5.74, 6) is 0.299. The highest BCUT2D eigenvalue weighted by molar-refractivity contribution is 6.30. The molecule has 0 unspecified atom stereocenters. The summed E-state index contributed by atoms with van der Waals surface area (Å²) in [4.78, 5) is 17.6. The van der Waals surface area contributed by atoms with E-state index in [1.165, 1.54) is 0 Å². The van der Waals surface area contributed by atoms with Crippen molar-refractivity contribution >= 4 is 34.5 Å². The fraction of sp³-hybridized carbons (Fsp3) is 0.200. The van der Waals surface area contributed by atoms with E-state index in [0.717, 1.165) is 40.3 Å². The molecule has 24 heavy (non-hydrogen) atoms. The number of benzene rings is 2. The Labute approximate surface area is 146 Å². The molecule has 1 N–H and O–H groups in total. The van der Waals surface area contributed by atoms with Gasteiger partial charge in [-0.1, -0.05) is 35.9 Å². The molecule has 4 heteroatoms. The number of nitrogens with one attached hydrogen (secondary N) is 1. The molecular weight excluding hydrogens is 320 g/mol. The van der Waals surface area contributed by atoms with Gasteiger partial charge in [-0.3, -0.25) is 9.79 Å². The summed E-state index contributed by atoms with van der Waals surface area (Å²) >= 11 is 5.98. The molecule has 1 fully saturated rings. The van der Waals surface area contributed by atoms with Gasteiger partial charge >= 0.3 is 0 Å². The summed E-state index contributed by atoms with van der Waals surface area (Å²) in [5.41, 5.74) is 5.47. The van der Waals surface area contributed by atoms with Crippen LogP contribution in [0.4, 0.5) is 11.4 Å².